The molecule has 4 fully saturated rings. The van der Waals surface area contributed by atoms with Gasteiger partial charge in [0.15, 0.2) is 0 Å². The zero-order valence-electron chi connectivity index (χ0n) is 12.9. The molecule has 0 spiro atoms. The molecule has 5 atom stereocenters. The van der Waals surface area contributed by atoms with Gasteiger partial charge in [-0.05, 0) is 73.4 Å². The minimum Gasteiger partial charge on any atom is -0.316 e. The minimum atomic E-state index is 0.739. The van der Waals surface area contributed by atoms with E-state index in [1.807, 2.05) is 0 Å². The number of nitrogens with one attached hydrogen (secondary N) is 1. The van der Waals surface area contributed by atoms with Gasteiger partial charge in [-0.2, -0.15) is 0 Å². The van der Waals surface area contributed by atoms with E-state index in [0.717, 1.165) is 40.9 Å². The van der Waals surface area contributed by atoms with Crippen molar-refractivity contribution in [1.82, 2.24) is 10.2 Å². The summed E-state index contributed by atoms with van der Waals surface area (Å²) in [7, 11) is 0. The first-order chi connectivity index (χ1) is 9.12. The fourth-order valence-corrected chi connectivity index (χ4v) is 5.58. The quantitative estimate of drug-likeness (QED) is 0.819. The van der Waals surface area contributed by atoms with Crippen LogP contribution in [0.25, 0.3) is 0 Å². The molecular weight excluding hydrogens is 232 g/mol. The van der Waals surface area contributed by atoms with Crippen molar-refractivity contribution in [3.63, 3.8) is 0 Å². The number of rotatable bonds is 5. The molecule has 0 bridgehead atoms. The summed E-state index contributed by atoms with van der Waals surface area (Å²) >= 11 is 0. The molecule has 2 heteroatoms. The summed E-state index contributed by atoms with van der Waals surface area (Å²) < 4.78 is 0. The van der Waals surface area contributed by atoms with Gasteiger partial charge in [0.05, 0.1) is 0 Å². The monoisotopic (exact) mass is 262 g/mol. The molecule has 2 heterocycles. The molecular formula is C17H30N2. The molecule has 0 radical (unpaired) electrons. The van der Waals surface area contributed by atoms with E-state index in [1.54, 1.807) is 0 Å². The number of nitrogens with zero attached hydrogens (tertiary/aromatic N) is 1. The zero-order valence-corrected chi connectivity index (χ0v) is 12.9. The lowest BCUT2D eigenvalue weighted by Crippen LogP contribution is -2.29. The van der Waals surface area contributed by atoms with Gasteiger partial charge in [0.25, 0.3) is 0 Å². The molecule has 0 aromatic heterocycles. The van der Waals surface area contributed by atoms with E-state index < -0.39 is 0 Å². The lowest BCUT2D eigenvalue weighted by atomic mass is 9.91. The summed E-state index contributed by atoms with van der Waals surface area (Å²) in [5.74, 6) is 6.07. The Labute approximate surface area is 118 Å². The van der Waals surface area contributed by atoms with Crippen LogP contribution in [0.4, 0.5) is 0 Å². The van der Waals surface area contributed by atoms with Crippen LogP contribution in [0.1, 0.15) is 33.6 Å². The Hall–Kier alpha value is -0.0800. The van der Waals surface area contributed by atoms with Gasteiger partial charge in [-0.25, -0.2) is 0 Å². The van der Waals surface area contributed by atoms with E-state index in [0.29, 0.717) is 0 Å². The molecule has 108 valence electrons. The maximum absolute atomic E-state index is 3.52. The van der Waals surface area contributed by atoms with Gasteiger partial charge in [0, 0.05) is 13.1 Å². The van der Waals surface area contributed by atoms with Crippen molar-refractivity contribution in [2.75, 3.05) is 32.7 Å². The summed E-state index contributed by atoms with van der Waals surface area (Å²) in [6, 6.07) is 0. The largest absolute Gasteiger partial charge is 0.316 e. The molecule has 2 aliphatic carbocycles. The topological polar surface area (TPSA) is 15.3 Å². The molecule has 0 aromatic rings. The van der Waals surface area contributed by atoms with E-state index in [9.17, 15) is 0 Å². The molecule has 0 aromatic carbocycles. The SMILES string of the molecule is CC(CCN1CC2CC2(C(C)C)C1)C1C2CNCC21. The Morgan fingerprint density at radius 3 is 2.58 bits per heavy atom. The van der Waals surface area contributed by atoms with Gasteiger partial charge in [-0.1, -0.05) is 20.8 Å². The molecule has 0 amide bonds. The Bertz CT molecular complexity index is 356. The second-order valence-corrected chi connectivity index (χ2v) is 8.35. The van der Waals surface area contributed by atoms with E-state index in [1.165, 1.54) is 45.6 Å². The first kappa shape index (κ1) is 12.6. The van der Waals surface area contributed by atoms with Gasteiger partial charge in [0.1, 0.15) is 0 Å². The third kappa shape index (κ3) is 1.90. The van der Waals surface area contributed by atoms with Crippen LogP contribution < -0.4 is 5.32 Å². The molecule has 2 saturated heterocycles. The summed E-state index contributed by atoms with van der Waals surface area (Å²) in [6.45, 7) is 14.2. The van der Waals surface area contributed by atoms with Crippen LogP contribution in [0.15, 0.2) is 0 Å². The third-order valence-electron chi connectivity index (χ3n) is 7.14. The fraction of sp³-hybridized carbons (Fsp3) is 1.00. The average Bonchev–Trinajstić information content (AvgIpc) is 3.14. The highest BCUT2D eigenvalue weighted by Gasteiger charge is 2.61. The summed E-state index contributed by atoms with van der Waals surface area (Å²) in [4.78, 5) is 2.78. The second kappa shape index (κ2) is 4.21. The smallest absolute Gasteiger partial charge is 0.00438 e. The van der Waals surface area contributed by atoms with Crippen LogP contribution in [0.5, 0.6) is 0 Å². The van der Waals surface area contributed by atoms with Crippen molar-refractivity contribution in [2.45, 2.75) is 33.6 Å². The van der Waals surface area contributed by atoms with Crippen LogP contribution in [0.3, 0.4) is 0 Å². The van der Waals surface area contributed by atoms with Crippen LogP contribution in [0, 0.1) is 40.9 Å². The highest BCUT2D eigenvalue weighted by atomic mass is 15.2. The number of likely N-dealkylation sites (tertiary alicyclic amines) is 1. The fourth-order valence-electron chi connectivity index (χ4n) is 5.58. The lowest BCUT2D eigenvalue weighted by Gasteiger charge is -2.24. The average molecular weight is 262 g/mol. The van der Waals surface area contributed by atoms with E-state index >= 15 is 0 Å². The van der Waals surface area contributed by atoms with Crippen molar-refractivity contribution in [1.29, 1.82) is 0 Å². The van der Waals surface area contributed by atoms with Crippen molar-refractivity contribution < 1.29 is 0 Å². The van der Waals surface area contributed by atoms with Gasteiger partial charge in [0.2, 0.25) is 0 Å². The molecule has 4 rings (SSSR count). The third-order valence-corrected chi connectivity index (χ3v) is 7.14. The minimum absolute atomic E-state index is 0.739. The van der Waals surface area contributed by atoms with Crippen molar-refractivity contribution in [2.24, 2.45) is 40.9 Å². The number of piperidine rings is 2. The van der Waals surface area contributed by atoms with Crippen molar-refractivity contribution in [3.05, 3.63) is 0 Å². The molecule has 2 saturated carbocycles. The zero-order chi connectivity index (χ0) is 13.2. The number of hydrogen-bond acceptors (Lipinski definition) is 2. The van der Waals surface area contributed by atoms with E-state index in [4.69, 9.17) is 0 Å². The Morgan fingerprint density at radius 2 is 1.95 bits per heavy atom. The molecule has 4 aliphatic rings. The second-order valence-electron chi connectivity index (χ2n) is 8.35. The molecule has 5 unspecified atom stereocenters. The predicted octanol–water partition coefficient (Wildman–Crippen LogP) is 2.46. The lowest BCUT2D eigenvalue weighted by molar-refractivity contribution is 0.229. The maximum atomic E-state index is 3.52. The van der Waals surface area contributed by atoms with E-state index in [-0.39, 0.29) is 0 Å². The molecule has 19 heavy (non-hydrogen) atoms. The Morgan fingerprint density at radius 1 is 1.21 bits per heavy atom. The van der Waals surface area contributed by atoms with Crippen LogP contribution in [-0.2, 0) is 0 Å². The van der Waals surface area contributed by atoms with Crippen LogP contribution >= 0.6 is 0 Å². The van der Waals surface area contributed by atoms with Crippen LogP contribution in [-0.4, -0.2) is 37.6 Å². The highest BCUT2D eigenvalue weighted by molar-refractivity contribution is 5.12. The van der Waals surface area contributed by atoms with Gasteiger partial charge in [-0.3, -0.25) is 0 Å². The number of hydrogen-bond donors (Lipinski definition) is 1. The first-order valence-corrected chi connectivity index (χ1v) is 8.55. The number of fused-ring (bicyclic) bond motifs is 2. The van der Waals surface area contributed by atoms with Crippen LogP contribution in [0.2, 0.25) is 0 Å². The molecule has 1 N–H and O–H groups in total. The summed E-state index contributed by atoms with van der Waals surface area (Å²) in [5.41, 5.74) is 0.739. The van der Waals surface area contributed by atoms with Crippen molar-refractivity contribution in [3.8, 4) is 0 Å². The highest BCUT2D eigenvalue weighted by Crippen LogP contribution is 2.62. The summed E-state index contributed by atoms with van der Waals surface area (Å²) in [6.07, 6.45) is 2.97. The maximum Gasteiger partial charge on any atom is 0.00438 e. The Kier molecular flexibility index (Phi) is 2.80. The standard InChI is InChI=1S/C17H30N2/c1-11(2)17-6-13(17)9-19(10-17)5-4-12(3)16-14-7-18-8-15(14)16/h11-16,18H,4-10H2,1-3H3. The predicted molar refractivity (Wildman–Crippen MR) is 78.9 cm³/mol. The Balaban J connectivity index is 1.24. The molecule has 2 nitrogen and oxygen atoms in total. The van der Waals surface area contributed by atoms with Crippen molar-refractivity contribution >= 4 is 0 Å². The summed E-state index contributed by atoms with van der Waals surface area (Å²) in [5, 5.41) is 3.52. The van der Waals surface area contributed by atoms with Gasteiger partial charge < -0.3 is 10.2 Å². The first-order valence-electron chi connectivity index (χ1n) is 8.55. The molecule has 2 aliphatic heterocycles. The van der Waals surface area contributed by atoms with Gasteiger partial charge in [-0.15, -0.1) is 0 Å². The van der Waals surface area contributed by atoms with Gasteiger partial charge >= 0.3 is 0 Å². The normalized spacial score (nSPS) is 49.3. The van der Waals surface area contributed by atoms with E-state index in [2.05, 4.69) is 31.0 Å².